The molecule has 14 heteroatoms. The van der Waals surface area contributed by atoms with Crippen LogP contribution in [0.5, 0.6) is 0 Å². The van der Waals surface area contributed by atoms with Gasteiger partial charge in [-0.05, 0) is 118 Å². The van der Waals surface area contributed by atoms with Crippen LogP contribution in [0.25, 0.3) is 0 Å². The molecule has 0 aromatic rings. The van der Waals surface area contributed by atoms with E-state index >= 15 is 0 Å². The molecule has 3 aliphatic heterocycles. The van der Waals surface area contributed by atoms with Crippen molar-refractivity contribution < 1.29 is 69.3 Å². The molecule has 326 valence electrons. The van der Waals surface area contributed by atoms with Crippen LogP contribution in [-0.4, -0.2) is 147 Å². The summed E-state index contributed by atoms with van der Waals surface area (Å²) in [5.74, 6) is 0.794. The minimum absolute atomic E-state index is 0.00465. The van der Waals surface area contributed by atoms with Crippen LogP contribution in [0.1, 0.15) is 99.3 Å². The second kappa shape index (κ2) is 14.9. The number of aliphatic hydroxyl groups is 8. The zero-order chi connectivity index (χ0) is 41.2. The van der Waals surface area contributed by atoms with Gasteiger partial charge in [0.05, 0.1) is 31.5 Å². The van der Waals surface area contributed by atoms with Crippen molar-refractivity contribution in [3.63, 3.8) is 0 Å². The standard InChI is InChI=1S/C43H70O14/c1-20(2)16-23-30(47)28(36(52-7)54-23)22-10-12-41(6)26-9-8-25-39(4,19-45)27(11-13-42(25)18-43(26,42)15-14-40(22,41)5)56-38-35(33(50)31(48)24(17-44)55-38)57-37-34(51)32(49)29(46)21(3)53-37/h16,21-38,44-51H,8-15,17-19H2,1-7H3/t21-,22+,23+,24+,25-,26-,27-,28+,29-,30+,31+,32+,33-,34+,35+,36-,37-,38-,39+,40+,41-,42+,43-/m0/s1. The number of rotatable bonds is 9. The Labute approximate surface area is 336 Å². The number of ether oxygens (including phenoxy) is 6. The second-order valence-electron chi connectivity index (χ2n) is 20.5. The highest BCUT2D eigenvalue weighted by Gasteiger charge is 2.83. The third-order valence-corrected chi connectivity index (χ3v) is 18.0. The molecule has 5 aliphatic carbocycles. The highest BCUT2D eigenvalue weighted by atomic mass is 16.8. The van der Waals surface area contributed by atoms with E-state index in [2.05, 4.69) is 20.8 Å². The molecule has 0 radical (unpaired) electrons. The Morgan fingerprint density at radius 2 is 1.39 bits per heavy atom. The van der Waals surface area contributed by atoms with Gasteiger partial charge in [-0.15, -0.1) is 0 Å². The zero-order valence-electron chi connectivity index (χ0n) is 34.8. The average molecular weight is 811 g/mol. The van der Waals surface area contributed by atoms with E-state index in [-0.39, 0.29) is 52.1 Å². The lowest BCUT2D eigenvalue weighted by Crippen LogP contribution is -2.65. The summed E-state index contributed by atoms with van der Waals surface area (Å²) in [4.78, 5) is 0. The summed E-state index contributed by atoms with van der Waals surface area (Å²) in [5, 5.41) is 86.8. The Hall–Kier alpha value is -0.820. The predicted molar refractivity (Wildman–Crippen MR) is 203 cm³/mol. The van der Waals surface area contributed by atoms with Gasteiger partial charge in [0.2, 0.25) is 0 Å². The fourth-order valence-electron chi connectivity index (χ4n) is 14.8. The van der Waals surface area contributed by atoms with Crippen molar-refractivity contribution in [1.82, 2.24) is 0 Å². The third-order valence-electron chi connectivity index (χ3n) is 18.0. The SMILES string of the molecule is CO[C@H]1O[C@H](C=C(C)C)[C@@H](O)[C@H]1[C@H]1CC[C@@]2(C)[C@@H]3CC[C@H]4[C@@](C)(CO)[C@@H](O[C@@H]5O[C@H](CO)[C@@H](O)[C@H](O)[C@H]5O[C@@H]5O[C@@H](C)[C@H](O)[C@@H](O)[C@H]5O)CC[C@@]45C[C@@]35CC[C@]12C. The summed E-state index contributed by atoms with van der Waals surface area (Å²) < 4.78 is 36.8. The summed E-state index contributed by atoms with van der Waals surface area (Å²) in [6.07, 6.45) is -5.22. The number of methoxy groups -OCH3 is 1. The molecule has 0 aromatic heterocycles. The van der Waals surface area contributed by atoms with E-state index in [0.29, 0.717) is 12.3 Å². The molecule has 5 saturated carbocycles. The number of aliphatic hydroxyl groups excluding tert-OH is 8. The van der Waals surface area contributed by atoms with E-state index < -0.39 is 91.9 Å². The highest BCUT2D eigenvalue weighted by Crippen LogP contribution is 2.89. The molecule has 3 saturated heterocycles. The lowest BCUT2D eigenvalue weighted by atomic mass is 9.41. The Morgan fingerprint density at radius 1 is 0.684 bits per heavy atom. The van der Waals surface area contributed by atoms with Crippen molar-refractivity contribution in [1.29, 1.82) is 0 Å². The Kier molecular flexibility index (Phi) is 11.2. The summed E-state index contributed by atoms with van der Waals surface area (Å²) in [6.45, 7) is 11.9. The largest absolute Gasteiger partial charge is 0.396 e. The van der Waals surface area contributed by atoms with Crippen molar-refractivity contribution in [2.75, 3.05) is 20.3 Å². The minimum Gasteiger partial charge on any atom is -0.396 e. The average Bonchev–Trinajstić information content (AvgIpc) is 3.65. The van der Waals surface area contributed by atoms with Gasteiger partial charge in [-0.25, -0.2) is 0 Å². The molecule has 8 fully saturated rings. The predicted octanol–water partition coefficient (Wildman–Crippen LogP) is 1.75. The van der Waals surface area contributed by atoms with Gasteiger partial charge in [0, 0.05) is 18.4 Å². The molecule has 8 rings (SSSR count). The van der Waals surface area contributed by atoms with E-state index in [1.807, 2.05) is 19.9 Å². The number of fused-ring (bicyclic) bond motifs is 2. The summed E-state index contributed by atoms with van der Waals surface area (Å²) in [5.41, 5.74) is 0.650. The van der Waals surface area contributed by atoms with Crippen molar-refractivity contribution in [2.45, 2.75) is 185 Å². The first-order valence-electron chi connectivity index (χ1n) is 21.6. The molecule has 8 N–H and O–H groups in total. The molecule has 14 nitrogen and oxygen atoms in total. The van der Waals surface area contributed by atoms with Crippen molar-refractivity contribution in [3.05, 3.63) is 11.6 Å². The molecule has 8 aliphatic rings. The summed E-state index contributed by atoms with van der Waals surface area (Å²) in [6, 6.07) is 0. The minimum atomic E-state index is -1.66. The number of hydrogen-bond donors (Lipinski definition) is 8. The van der Waals surface area contributed by atoms with Gasteiger partial charge in [0.25, 0.3) is 0 Å². The van der Waals surface area contributed by atoms with Crippen molar-refractivity contribution in [3.8, 4) is 0 Å². The van der Waals surface area contributed by atoms with Crippen LogP contribution in [0.3, 0.4) is 0 Å². The molecule has 0 unspecified atom stereocenters. The lowest BCUT2D eigenvalue weighted by molar-refractivity contribution is -0.376. The van der Waals surface area contributed by atoms with Crippen LogP contribution < -0.4 is 0 Å². The molecule has 0 amide bonds. The first kappa shape index (κ1) is 42.9. The monoisotopic (exact) mass is 810 g/mol. The maximum absolute atomic E-state index is 11.7. The number of allylic oxidation sites excluding steroid dienone is 1. The maximum Gasteiger partial charge on any atom is 0.187 e. The third kappa shape index (κ3) is 6.08. The topological polar surface area (TPSA) is 217 Å². The molecule has 0 aromatic carbocycles. The van der Waals surface area contributed by atoms with Crippen molar-refractivity contribution >= 4 is 0 Å². The van der Waals surface area contributed by atoms with Crippen molar-refractivity contribution in [2.24, 2.45) is 50.7 Å². The normalized spacial score (nSPS) is 58.3. The molecule has 57 heavy (non-hydrogen) atoms. The van der Waals surface area contributed by atoms with E-state index in [1.54, 1.807) is 7.11 Å². The molecule has 2 spiro atoms. The van der Waals surface area contributed by atoms with Gasteiger partial charge in [-0.1, -0.05) is 32.4 Å². The first-order chi connectivity index (χ1) is 26.9. The molecular formula is C43H70O14. The fraction of sp³-hybridized carbons (Fsp3) is 0.953. The van der Waals surface area contributed by atoms with Crippen LogP contribution in [0.4, 0.5) is 0 Å². The Balaban J connectivity index is 1.03. The first-order valence-corrected chi connectivity index (χ1v) is 21.6. The zero-order valence-corrected chi connectivity index (χ0v) is 34.8. The molecule has 3 heterocycles. The van der Waals surface area contributed by atoms with Crippen LogP contribution in [0, 0.1) is 50.7 Å². The van der Waals surface area contributed by atoms with E-state index in [4.69, 9.17) is 28.4 Å². The van der Waals surface area contributed by atoms with Crippen LogP contribution >= 0.6 is 0 Å². The summed E-state index contributed by atoms with van der Waals surface area (Å²) >= 11 is 0. The molecular weight excluding hydrogens is 740 g/mol. The van der Waals surface area contributed by atoms with Gasteiger partial charge >= 0.3 is 0 Å². The molecule has 23 atom stereocenters. The van der Waals surface area contributed by atoms with Crippen LogP contribution in [0.2, 0.25) is 0 Å². The number of hydrogen-bond acceptors (Lipinski definition) is 14. The highest BCUT2D eigenvalue weighted by molar-refractivity contribution is 5.31. The van der Waals surface area contributed by atoms with Crippen LogP contribution in [-0.2, 0) is 28.4 Å². The van der Waals surface area contributed by atoms with Gasteiger partial charge in [-0.3, -0.25) is 0 Å². The summed E-state index contributed by atoms with van der Waals surface area (Å²) in [7, 11) is 1.69. The second-order valence-corrected chi connectivity index (χ2v) is 20.5. The lowest BCUT2D eigenvalue weighted by Gasteiger charge is -2.64. The van der Waals surface area contributed by atoms with E-state index in [9.17, 15) is 40.9 Å². The smallest absolute Gasteiger partial charge is 0.187 e. The van der Waals surface area contributed by atoms with Gasteiger partial charge < -0.3 is 69.3 Å². The maximum atomic E-state index is 11.7. The van der Waals surface area contributed by atoms with E-state index in [0.717, 1.165) is 56.9 Å². The quantitative estimate of drug-likeness (QED) is 0.123. The molecule has 0 bridgehead atoms. The van der Waals surface area contributed by atoms with Gasteiger partial charge in [-0.2, -0.15) is 0 Å². The van der Waals surface area contributed by atoms with Gasteiger partial charge in [0.15, 0.2) is 18.9 Å². The Morgan fingerprint density at radius 3 is 2.05 bits per heavy atom. The fourth-order valence-corrected chi connectivity index (χ4v) is 14.8. The Bertz CT molecular complexity index is 1510. The van der Waals surface area contributed by atoms with Crippen LogP contribution in [0.15, 0.2) is 11.6 Å². The van der Waals surface area contributed by atoms with E-state index in [1.165, 1.54) is 6.92 Å². The van der Waals surface area contributed by atoms with Gasteiger partial charge in [0.1, 0.15) is 48.8 Å².